The van der Waals surface area contributed by atoms with E-state index in [1.54, 1.807) is 0 Å². The standard InChI is InChI=1S/C18H25NO/c20-18(19-17-9-3-1-2-4-10-17)16-12-11-14-7-5-6-8-15(14)13-16/h11-13,17H,1-10H2,(H,19,20). The molecule has 1 amide bonds. The van der Waals surface area contributed by atoms with Gasteiger partial charge in [0.2, 0.25) is 0 Å². The first kappa shape index (κ1) is 13.7. The van der Waals surface area contributed by atoms with E-state index >= 15 is 0 Å². The predicted octanol–water partition coefficient (Wildman–Crippen LogP) is 4.02. The number of carbonyl (C=O) groups excluding carboxylic acids is 1. The number of aryl methyl sites for hydroxylation is 2. The van der Waals surface area contributed by atoms with Gasteiger partial charge < -0.3 is 5.32 Å². The number of benzene rings is 1. The molecule has 1 saturated carbocycles. The maximum Gasteiger partial charge on any atom is 0.251 e. The third-order valence-electron chi connectivity index (χ3n) is 4.80. The molecular weight excluding hydrogens is 246 g/mol. The Labute approximate surface area is 122 Å². The van der Waals surface area contributed by atoms with E-state index in [2.05, 4.69) is 17.4 Å². The van der Waals surface area contributed by atoms with Crippen LogP contribution in [0, 0.1) is 0 Å². The first-order chi connectivity index (χ1) is 9.83. The van der Waals surface area contributed by atoms with Gasteiger partial charge in [-0.2, -0.15) is 0 Å². The Morgan fingerprint density at radius 2 is 1.60 bits per heavy atom. The van der Waals surface area contributed by atoms with Crippen LogP contribution in [0.15, 0.2) is 18.2 Å². The van der Waals surface area contributed by atoms with Gasteiger partial charge in [-0.15, -0.1) is 0 Å². The molecule has 0 aliphatic heterocycles. The maximum absolute atomic E-state index is 12.4. The molecule has 2 aliphatic carbocycles. The second-order valence-electron chi connectivity index (χ2n) is 6.35. The molecule has 0 atom stereocenters. The van der Waals surface area contributed by atoms with Crippen molar-refractivity contribution in [2.75, 3.05) is 0 Å². The zero-order chi connectivity index (χ0) is 13.8. The number of nitrogens with one attached hydrogen (secondary N) is 1. The maximum atomic E-state index is 12.4. The predicted molar refractivity (Wildman–Crippen MR) is 82.0 cm³/mol. The summed E-state index contributed by atoms with van der Waals surface area (Å²) in [7, 11) is 0. The van der Waals surface area contributed by atoms with Gasteiger partial charge >= 0.3 is 0 Å². The summed E-state index contributed by atoms with van der Waals surface area (Å²) >= 11 is 0. The van der Waals surface area contributed by atoms with Crippen molar-refractivity contribution in [3.63, 3.8) is 0 Å². The van der Waals surface area contributed by atoms with Gasteiger partial charge in [0, 0.05) is 11.6 Å². The molecule has 2 nitrogen and oxygen atoms in total. The minimum Gasteiger partial charge on any atom is -0.349 e. The van der Waals surface area contributed by atoms with Gasteiger partial charge in [0.15, 0.2) is 0 Å². The lowest BCUT2D eigenvalue weighted by Gasteiger charge is -2.19. The largest absolute Gasteiger partial charge is 0.349 e. The van der Waals surface area contributed by atoms with E-state index in [1.807, 2.05) is 6.07 Å². The van der Waals surface area contributed by atoms with E-state index in [-0.39, 0.29) is 5.91 Å². The summed E-state index contributed by atoms with van der Waals surface area (Å²) in [4.78, 5) is 12.4. The van der Waals surface area contributed by atoms with Crippen LogP contribution in [0.4, 0.5) is 0 Å². The van der Waals surface area contributed by atoms with E-state index < -0.39 is 0 Å². The van der Waals surface area contributed by atoms with E-state index in [0.29, 0.717) is 6.04 Å². The average Bonchev–Trinajstić information content (AvgIpc) is 2.75. The molecule has 1 aromatic carbocycles. The van der Waals surface area contributed by atoms with E-state index in [0.717, 1.165) is 24.8 Å². The monoisotopic (exact) mass is 271 g/mol. The zero-order valence-corrected chi connectivity index (χ0v) is 12.3. The number of amides is 1. The van der Waals surface area contributed by atoms with Crippen LogP contribution in [0.2, 0.25) is 0 Å². The van der Waals surface area contributed by atoms with Crippen LogP contribution < -0.4 is 5.32 Å². The molecule has 0 heterocycles. The second-order valence-corrected chi connectivity index (χ2v) is 6.35. The lowest BCUT2D eigenvalue weighted by molar-refractivity contribution is 0.0933. The summed E-state index contributed by atoms with van der Waals surface area (Å²) in [6.45, 7) is 0. The summed E-state index contributed by atoms with van der Waals surface area (Å²) < 4.78 is 0. The number of carbonyl (C=O) groups is 1. The van der Waals surface area contributed by atoms with E-state index in [9.17, 15) is 4.79 Å². The van der Waals surface area contributed by atoms with Crippen molar-refractivity contribution >= 4 is 5.91 Å². The van der Waals surface area contributed by atoms with Crippen molar-refractivity contribution in [3.8, 4) is 0 Å². The first-order valence-electron chi connectivity index (χ1n) is 8.25. The Morgan fingerprint density at radius 3 is 2.35 bits per heavy atom. The Morgan fingerprint density at radius 1 is 0.900 bits per heavy atom. The minimum atomic E-state index is 0.130. The highest BCUT2D eigenvalue weighted by atomic mass is 16.1. The van der Waals surface area contributed by atoms with Crippen molar-refractivity contribution in [1.82, 2.24) is 5.32 Å². The van der Waals surface area contributed by atoms with Crippen LogP contribution in [0.25, 0.3) is 0 Å². The third-order valence-corrected chi connectivity index (χ3v) is 4.80. The molecular formula is C18H25NO. The fraction of sp³-hybridized carbons (Fsp3) is 0.611. The van der Waals surface area contributed by atoms with E-state index in [1.165, 1.54) is 56.1 Å². The van der Waals surface area contributed by atoms with Crippen molar-refractivity contribution in [3.05, 3.63) is 34.9 Å². The van der Waals surface area contributed by atoms with Crippen LogP contribution in [0.3, 0.4) is 0 Å². The molecule has 108 valence electrons. The van der Waals surface area contributed by atoms with Crippen molar-refractivity contribution in [2.45, 2.75) is 70.3 Å². The van der Waals surface area contributed by atoms with Crippen LogP contribution in [0.1, 0.15) is 72.9 Å². The lowest BCUT2D eigenvalue weighted by atomic mass is 9.90. The van der Waals surface area contributed by atoms with Gasteiger partial charge in [0.1, 0.15) is 0 Å². The Balaban J connectivity index is 1.67. The van der Waals surface area contributed by atoms with Gasteiger partial charge in [-0.25, -0.2) is 0 Å². The summed E-state index contributed by atoms with van der Waals surface area (Å²) in [6, 6.07) is 6.69. The number of rotatable bonds is 2. The van der Waals surface area contributed by atoms with Crippen molar-refractivity contribution in [1.29, 1.82) is 0 Å². The van der Waals surface area contributed by atoms with Crippen LogP contribution >= 0.6 is 0 Å². The van der Waals surface area contributed by atoms with Gasteiger partial charge in [-0.3, -0.25) is 4.79 Å². The summed E-state index contributed by atoms with van der Waals surface area (Å²) in [5.41, 5.74) is 3.70. The normalized spacial score (nSPS) is 20.0. The van der Waals surface area contributed by atoms with E-state index in [4.69, 9.17) is 0 Å². The number of fused-ring (bicyclic) bond motifs is 1. The highest BCUT2D eigenvalue weighted by molar-refractivity contribution is 5.94. The topological polar surface area (TPSA) is 29.1 Å². The van der Waals surface area contributed by atoms with Crippen LogP contribution in [0.5, 0.6) is 0 Å². The van der Waals surface area contributed by atoms with Gasteiger partial charge in [-0.1, -0.05) is 31.7 Å². The average molecular weight is 271 g/mol. The molecule has 2 heteroatoms. The molecule has 1 N–H and O–H groups in total. The fourth-order valence-corrected chi connectivity index (χ4v) is 3.57. The highest BCUT2D eigenvalue weighted by Gasteiger charge is 2.17. The molecule has 0 spiro atoms. The zero-order valence-electron chi connectivity index (χ0n) is 12.3. The number of hydrogen-bond acceptors (Lipinski definition) is 1. The fourth-order valence-electron chi connectivity index (χ4n) is 3.57. The van der Waals surface area contributed by atoms with Gasteiger partial charge in [0.25, 0.3) is 5.91 Å². The minimum absolute atomic E-state index is 0.130. The smallest absolute Gasteiger partial charge is 0.251 e. The Bertz CT molecular complexity index is 472. The lowest BCUT2D eigenvalue weighted by Crippen LogP contribution is -2.34. The van der Waals surface area contributed by atoms with Crippen molar-refractivity contribution < 1.29 is 4.79 Å². The Kier molecular flexibility index (Phi) is 4.39. The summed E-state index contributed by atoms with van der Waals surface area (Å²) in [5.74, 6) is 0.130. The third kappa shape index (κ3) is 3.23. The Hall–Kier alpha value is -1.31. The molecule has 1 aromatic rings. The van der Waals surface area contributed by atoms with Gasteiger partial charge in [0.05, 0.1) is 0 Å². The van der Waals surface area contributed by atoms with Crippen LogP contribution in [-0.2, 0) is 12.8 Å². The van der Waals surface area contributed by atoms with Crippen molar-refractivity contribution in [2.24, 2.45) is 0 Å². The first-order valence-corrected chi connectivity index (χ1v) is 8.25. The molecule has 3 rings (SSSR count). The molecule has 2 aliphatic rings. The molecule has 0 bridgehead atoms. The highest BCUT2D eigenvalue weighted by Crippen LogP contribution is 2.23. The second kappa shape index (κ2) is 6.43. The molecule has 0 saturated heterocycles. The molecule has 20 heavy (non-hydrogen) atoms. The number of hydrogen-bond donors (Lipinski definition) is 1. The van der Waals surface area contributed by atoms with Crippen LogP contribution in [-0.4, -0.2) is 11.9 Å². The van der Waals surface area contributed by atoms with Gasteiger partial charge in [-0.05, 0) is 61.8 Å². The molecule has 0 radical (unpaired) electrons. The molecule has 1 fully saturated rings. The quantitative estimate of drug-likeness (QED) is 0.809. The molecule has 0 aromatic heterocycles. The summed E-state index contributed by atoms with van der Waals surface area (Å²) in [6.07, 6.45) is 12.3. The SMILES string of the molecule is O=C(NC1CCCCCC1)c1ccc2c(c1)CCCC2. The molecule has 0 unspecified atom stereocenters. The summed E-state index contributed by atoms with van der Waals surface area (Å²) in [5, 5.41) is 3.24.